The summed E-state index contributed by atoms with van der Waals surface area (Å²) in [6.45, 7) is -0.282. The lowest BCUT2D eigenvalue weighted by Gasteiger charge is -2.24. The zero-order chi connectivity index (χ0) is 16.9. The molecule has 0 aromatic heterocycles. The zero-order valence-electron chi connectivity index (χ0n) is 12.6. The van der Waals surface area contributed by atoms with Crippen LogP contribution in [0, 0.1) is 0 Å². The van der Waals surface area contributed by atoms with Gasteiger partial charge in [0.1, 0.15) is 11.3 Å². The van der Waals surface area contributed by atoms with Gasteiger partial charge in [0.25, 0.3) is 5.91 Å². The molecule has 3 N–H and O–H groups in total. The lowest BCUT2D eigenvalue weighted by atomic mass is 9.99. The Morgan fingerprint density at radius 2 is 2.17 bits per heavy atom. The first-order chi connectivity index (χ1) is 11.0. The second kappa shape index (κ2) is 7.36. The molecule has 1 aromatic rings. The minimum atomic E-state index is -1.23. The van der Waals surface area contributed by atoms with Gasteiger partial charge in [0, 0.05) is 11.3 Å². The molecule has 0 spiro atoms. The molecule has 0 saturated carbocycles. The van der Waals surface area contributed by atoms with E-state index in [1.165, 1.54) is 18.9 Å². The Morgan fingerprint density at radius 3 is 2.78 bits per heavy atom. The van der Waals surface area contributed by atoms with Crippen LogP contribution < -0.4 is 15.4 Å². The zero-order valence-corrected chi connectivity index (χ0v) is 13.4. The highest BCUT2D eigenvalue weighted by atomic mass is 32.2. The van der Waals surface area contributed by atoms with Crippen LogP contribution >= 0.6 is 11.8 Å². The molecular formula is C15H18N2O5S. The summed E-state index contributed by atoms with van der Waals surface area (Å²) in [5, 5.41) is 14.3. The Labute approximate surface area is 137 Å². The van der Waals surface area contributed by atoms with Crippen molar-refractivity contribution < 1.29 is 24.2 Å². The molecule has 124 valence electrons. The maximum absolute atomic E-state index is 12.0. The molecule has 2 rings (SSSR count). The summed E-state index contributed by atoms with van der Waals surface area (Å²) in [7, 11) is 1.50. The van der Waals surface area contributed by atoms with Crippen LogP contribution in [0.4, 0.5) is 0 Å². The molecular weight excluding hydrogens is 320 g/mol. The Kier molecular flexibility index (Phi) is 5.49. The van der Waals surface area contributed by atoms with Gasteiger partial charge in [0.2, 0.25) is 5.91 Å². The Hall–Kier alpha value is -2.22. The van der Waals surface area contributed by atoms with Crippen LogP contribution in [0.2, 0.25) is 0 Å². The van der Waals surface area contributed by atoms with E-state index in [2.05, 4.69) is 10.6 Å². The number of carbonyl (C=O) groups excluding carboxylic acids is 2. The summed E-state index contributed by atoms with van der Waals surface area (Å²) in [5.74, 6) is -0.444. The highest BCUT2D eigenvalue weighted by Gasteiger charge is 2.43. The van der Waals surface area contributed by atoms with Gasteiger partial charge in [-0.25, -0.2) is 4.79 Å². The standard InChI is InChI=1S/C15H18N2O5S/c1-22-11-4-2-3-10(7-11)13(19)16-8-12(18)17-15(14(20)21)5-6-23-9-15/h2-4,7H,5-6,8-9H2,1H3,(H,16,19)(H,17,18)(H,20,21). The number of hydrogen-bond acceptors (Lipinski definition) is 5. The lowest BCUT2D eigenvalue weighted by molar-refractivity contribution is -0.146. The molecule has 1 aliphatic rings. The van der Waals surface area contributed by atoms with Crippen LogP contribution in [0.3, 0.4) is 0 Å². The van der Waals surface area contributed by atoms with Crippen molar-refractivity contribution in [1.29, 1.82) is 0 Å². The predicted octanol–water partition coefficient (Wildman–Crippen LogP) is 0.501. The fourth-order valence-corrected chi connectivity index (χ4v) is 3.55. The molecule has 1 saturated heterocycles. The minimum Gasteiger partial charge on any atom is -0.497 e. The first kappa shape index (κ1) is 17.1. The van der Waals surface area contributed by atoms with Gasteiger partial charge >= 0.3 is 5.97 Å². The van der Waals surface area contributed by atoms with Gasteiger partial charge in [0.15, 0.2) is 0 Å². The molecule has 23 heavy (non-hydrogen) atoms. The number of carboxylic acid groups (broad SMARTS) is 1. The summed E-state index contributed by atoms with van der Waals surface area (Å²) < 4.78 is 5.03. The summed E-state index contributed by atoms with van der Waals surface area (Å²) in [6, 6.07) is 6.53. The average molecular weight is 338 g/mol. The van der Waals surface area contributed by atoms with Crippen molar-refractivity contribution in [2.75, 3.05) is 25.2 Å². The molecule has 8 heteroatoms. The van der Waals surface area contributed by atoms with Crippen molar-refractivity contribution in [3.63, 3.8) is 0 Å². The summed E-state index contributed by atoms with van der Waals surface area (Å²) >= 11 is 1.48. The number of benzene rings is 1. The van der Waals surface area contributed by atoms with Crippen LogP contribution in [-0.2, 0) is 9.59 Å². The highest BCUT2D eigenvalue weighted by molar-refractivity contribution is 7.99. The first-order valence-electron chi connectivity index (χ1n) is 7.01. The van der Waals surface area contributed by atoms with E-state index in [0.717, 1.165) is 0 Å². The molecule has 2 amide bonds. The smallest absolute Gasteiger partial charge is 0.330 e. The number of rotatable bonds is 6. The van der Waals surface area contributed by atoms with Crippen LogP contribution in [0.15, 0.2) is 24.3 Å². The van der Waals surface area contributed by atoms with Crippen molar-refractivity contribution >= 4 is 29.5 Å². The average Bonchev–Trinajstić information content (AvgIpc) is 3.02. The second-order valence-electron chi connectivity index (χ2n) is 5.15. The number of methoxy groups -OCH3 is 1. The van der Waals surface area contributed by atoms with Gasteiger partial charge in [-0.05, 0) is 30.4 Å². The van der Waals surface area contributed by atoms with E-state index in [1.54, 1.807) is 24.3 Å². The maximum atomic E-state index is 12.0. The first-order valence-corrected chi connectivity index (χ1v) is 8.17. The van der Waals surface area contributed by atoms with Crippen molar-refractivity contribution in [2.45, 2.75) is 12.0 Å². The largest absolute Gasteiger partial charge is 0.497 e. The van der Waals surface area contributed by atoms with E-state index in [0.29, 0.717) is 29.2 Å². The van der Waals surface area contributed by atoms with Gasteiger partial charge in [-0.15, -0.1) is 0 Å². The number of hydrogen-bond donors (Lipinski definition) is 3. The van der Waals surface area contributed by atoms with Crippen LogP contribution in [0.5, 0.6) is 5.75 Å². The monoisotopic (exact) mass is 338 g/mol. The van der Waals surface area contributed by atoms with Crippen LogP contribution in [0.1, 0.15) is 16.8 Å². The van der Waals surface area contributed by atoms with Gasteiger partial charge in [-0.2, -0.15) is 11.8 Å². The van der Waals surface area contributed by atoms with E-state index in [1.807, 2.05) is 0 Å². The normalized spacial score (nSPS) is 19.9. The van der Waals surface area contributed by atoms with E-state index in [4.69, 9.17) is 4.74 Å². The Bertz CT molecular complexity index is 614. The van der Waals surface area contributed by atoms with Crippen molar-refractivity contribution in [2.24, 2.45) is 0 Å². The van der Waals surface area contributed by atoms with Crippen molar-refractivity contribution in [3.05, 3.63) is 29.8 Å². The third-order valence-electron chi connectivity index (χ3n) is 3.55. The molecule has 1 aliphatic heterocycles. The second-order valence-corrected chi connectivity index (χ2v) is 6.26. The molecule has 0 radical (unpaired) electrons. The fraction of sp³-hybridized carbons (Fsp3) is 0.400. The summed E-state index contributed by atoms with van der Waals surface area (Å²) in [5.41, 5.74) is -0.871. The van der Waals surface area contributed by atoms with Gasteiger partial charge in [-0.1, -0.05) is 6.07 Å². The minimum absolute atomic E-state index is 0.282. The molecule has 1 aromatic carbocycles. The van der Waals surface area contributed by atoms with E-state index >= 15 is 0 Å². The topological polar surface area (TPSA) is 105 Å². The van der Waals surface area contributed by atoms with E-state index < -0.39 is 23.3 Å². The van der Waals surface area contributed by atoms with Crippen molar-refractivity contribution in [3.8, 4) is 5.75 Å². The number of ether oxygens (including phenoxy) is 1. The third kappa shape index (κ3) is 4.16. The molecule has 0 bridgehead atoms. The SMILES string of the molecule is COc1cccc(C(=O)NCC(=O)NC2(C(=O)O)CCSC2)c1. The van der Waals surface area contributed by atoms with E-state index in [-0.39, 0.29) is 6.54 Å². The quantitative estimate of drug-likeness (QED) is 0.698. The van der Waals surface area contributed by atoms with Gasteiger partial charge in [-0.3, -0.25) is 9.59 Å². The molecule has 7 nitrogen and oxygen atoms in total. The van der Waals surface area contributed by atoms with Gasteiger partial charge in [0.05, 0.1) is 13.7 Å². The lowest BCUT2D eigenvalue weighted by Crippen LogP contribution is -2.56. The number of carboxylic acids is 1. The molecule has 0 aliphatic carbocycles. The fourth-order valence-electron chi connectivity index (χ4n) is 2.22. The highest BCUT2D eigenvalue weighted by Crippen LogP contribution is 2.28. The maximum Gasteiger partial charge on any atom is 0.330 e. The molecule has 1 fully saturated rings. The Balaban J connectivity index is 1.91. The van der Waals surface area contributed by atoms with E-state index in [9.17, 15) is 19.5 Å². The summed E-state index contributed by atoms with van der Waals surface area (Å²) in [4.78, 5) is 35.3. The molecule has 1 heterocycles. The van der Waals surface area contributed by atoms with Crippen LogP contribution in [-0.4, -0.2) is 53.6 Å². The number of nitrogens with one attached hydrogen (secondary N) is 2. The number of carbonyl (C=O) groups is 3. The number of thioether (sulfide) groups is 1. The number of aliphatic carboxylic acids is 1. The molecule has 1 atom stereocenters. The predicted molar refractivity (Wildman–Crippen MR) is 85.8 cm³/mol. The molecule has 1 unspecified atom stereocenters. The summed E-state index contributed by atoms with van der Waals surface area (Å²) in [6.07, 6.45) is 0.378. The van der Waals surface area contributed by atoms with Crippen LogP contribution in [0.25, 0.3) is 0 Å². The van der Waals surface area contributed by atoms with Crippen molar-refractivity contribution in [1.82, 2.24) is 10.6 Å². The number of amides is 2. The Morgan fingerprint density at radius 1 is 1.39 bits per heavy atom. The third-order valence-corrected chi connectivity index (χ3v) is 4.74. The van der Waals surface area contributed by atoms with Gasteiger partial charge < -0.3 is 20.5 Å².